The number of hydrogen-bond acceptors (Lipinski definition) is 10. The lowest BCUT2D eigenvalue weighted by atomic mass is 9.98. The number of carbonyl (C=O) groups excluding carboxylic acids is 1. The molecule has 2 aliphatic rings. The van der Waals surface area contributed by atoms with Crippen LogP contribution in [0.4, 0.5) is 18.3 Å². The Morgan fingerprint density at radius 1 is 1.10 bits per heavy atom. The van der Waals surface area contributed by atoms with Gasteiger partial charge in [0, 0.05) is 39.1 Å². The summed E-state index contributed by atoms with van der Waals surface area (Å²) in [6.45, 7) is 1.39. The average Bonchev–Trinajstić information content (AvgIpc) is 3.37. The van der Waals surface area contributed by atoms with Gasteiger partial charge in [0.1, 0.15) is 17.6 Å². The van der Waals surface area contributed by atoms with E-state index in [4.69, 9.17) is 9.47 Å². The quantitative estimate of drug-likeness (QED) is 0.304. The monoisotopic (exact) mass is 601 g/mol. The molecule has 0 atom stereocenters. The third-order valence-corrected chi connectivity index (χ3v) is 10.6. The first-order valence-electron chi connectivity index (χ1n) is 12.5. The first-order valence-corrected chi connectivity index (χ1v) is 14.8. The van der Waals surface area contributed by atoms with Crippen LogP contribution in [0.1, 0.15) is 25.7 Å². The number of nitrogens with zero attached hydrogens (tertiary/aromatic N) is 2. The fraction of sp³-hybridized carbons (Fsp3) is 0.440. The van der Waals surface area contributed by atoms with Gasteiger partial charge in [0.25, 0.3) is 5.91 Å². The molecule has 2 saturated heterocycles. The molecule has 1 amide bonds. The van der Waals surface area contributed by atoms with E-state index in [1.54, 1.807) is 6.07 Å². The average molecular weight is 602 g/mol. The van der Waals surface area contributed by atoms with E-state index in [1.807, 2.05) is 0 Å². The topological polar surface area (TPSA) is 127 Å². The Morgan fingerprint density at radius 2 is 1.75 bits per heavy atom. The van der Waals surface area contributed by atoms with Gasteiger partial charge in [-0.05, 0) is 55.3 Å². The molecule has 15 heteroatoms. The predicted molar refractivity (Wildman–Crippen MR) is 139 cm³/mol. The van der Waals surface area contributed by atoms with Gasteiger partial charge in [-0.25, -0.2) is 18.9 Å². The van der Waals surface area contributed by atoms with Crippen LogP contribution in [0.5, 0.6) is 11.5 Å². The van der Waals surface area contributed by atoms with Crippen LogP contribution in [0.3, 0.4) is 0 Å². The van der Waals surface area contributed by atoms with Crippen molar-refractivity contribution < 1.29 is 45.8 Å². The summed E-state index contributed by atoms with van der Waals surface area (Å²) >= 11 is 1.33. The number of benzene rings is 2. The van der Waals surface area contributed by atoms with Crippen LogP contribution >= 0.6 is 11.3 Å². The third-order valence-electron chi connectivity index (χ3n) is 7.06. The summed E-state index contributed by atoms with van der Waals surface area (Å²) in [5.41, 5.74) is 2.13. The van der Waals surface area contributed by atoms with Gasteiger partial charge in [-0.1, -0.05) is 11.3 Å². The van der Waals surface area contributed by atoms with Crippen LogP contribution in [0.15, 0.2) is 47.4 Å². The molecule has 1 aromatic heterocycles. The van der Waals surface area contributed by atoms with Crippen molar-refractivity contribution in [3.63, 3.8) is 0 Å². The number of amides is 1. The minimum atomic E-state index is -4.75. The summed E-state index contributed by atoms with van der Waals surface area (Å²) < 4.78 is 78.1. The number of carbonyl (C=O) groups is 1. The number of hydrogen-bond donors (Lipinski definition) is 2. The number of sulfone groups is 1. The van der Waals surface area contributed by atoms with Gasteiger partial charge >= 0.3 is 6.36 Å². The highest BCUT2D eigenvalue weighted by atomic mass is 32.2. The summed E-state index contributed by atoms with van der Waals surface area (Å²) in [4.78, 5) is 19.2. The number of thiazole rings is 1. The molecular weight excluding hydrogens is 575 g/mol. The Hall–Kier alpha value is -3.14. The maximum absolute atomic E-state index is 13.6. The molecule has 2 fully saturated rings. The minimum Gasteiger partial charge on any atom is -0.490 e. The van der Waals surface area contributed by atoms with E-state index in [0.29, 0.717) is 47.0 Å². The zero-order valence-corrected chi connectivity index (χ0v) is 22.7. The summed E-state index contributed by atoms with van der Waals surface area (Å²) in [6.07, 6.45) is -3.74. The van der Waals surface area contributed by atoms with Crippen LogP contribution < -0.4 is 19.9 Å². The smallest absolute Gasteiger partial charge is 0.490 e. The molecule has 3 heterocycles. The van der Waals surface area contributed by atoms with Crippen LogP contribution in [-0.2, 0) is 19.4 Å². The summed E-state index contributed by atoms with van der Waals surface area (Å²) in [7, 11) is -4.16. The van der Waals surface area contributed by atoms with Gasteiger partial charge in [-0.2, -0.15) is 0 Å². The number of hydroxylamine groups is 1. The third kappa shape index (κ3) is 5.68. The molecule has 2 N–H and O–H groups in total. The molecule has 0 radical (unpaired) electrons. The van der Waals surface area contributed by atoms with Crippen molar-refractivity contribution in [2.75, 3.05) is 31.2 Å². The molecule has 10 nitrogen and oxygen atoms in total. The number of anilines is 1. The second-order valence-corrected chi connectivity index (χ2v) is 12.8. The molecular formula is C25H26F3N3O7S2. The number of aromatic nitrogens is 1. The first kappa shape index (κ1) is 28.4. The molecule has 0 bridgehead atoms. The number of ether oxygens (including phenoxy) is 3. The Kier molecular flexibility index (Phi) is 7.83. The highest BCUT2D eigenvalue weighted by Crippen LogP contribution is 2.38. The fourth-order valence-corrected chi connectivity index (χ4v) is 8.02. The van der Waals surface area contributed by atoms with E-state index in [0.717, 1.165) is 0 Å². The van der Waals surface area contributed by atoms with Crippen molar-refractivity contribution in [2.24, 2.45) is 0 Å². The summed E-state index contributed by atoms with van der Waals surface area (Å²) in [5.74, 6) is -0.850. The maximum Gasteiger partial charge on any atom is 0.573 e. The van der Waals surface area contributed by atoms with Crippen molar-refractivity contribution in [3.05, 3.63) is 42.5 Å². The molecule has 0 unspecified atom stereocenters. The SMILES string of the molecule is O=C(NO)C1(S(=O)(=O)c2ccc3nc(N4CCC(Oc5ccc(OC(F)(F)F)cc5)CC4)sc3c2)CCOCC1. The van der Waals surface area contributed by atoms with Crippen molar-refractivity contribution in [2.45, 2.75) is 47.8 Å². The van der Waals surface area contributed by atoms with E-state index in [2.05, 4.69) is 14.6 Å². The lowest BCUT2D eigenvalue weighted by molar-refractivity contribution is -0.274. The Morgan fingerprint density at radius 3 is 2.38 bits per heavy atom. The molecule has 0 saturated carbocycles. The molecule has 2 aliphatic heterocycles. The number of rotatable bonds is 7. The van der Waals surface area contributed by atoms with E-state index in [-0.39, 0.29) is 42.8 Å². The van der Waals surface area contributed by atoms with E-state index in [9.17, 15) is 31.6 Å². The molecule has 0 aliphatic carbocycles. The maximum atomic E-state index is 13.6. The lowest BCUT2D eigenvalue weighted by Gasteiger charge is -2.34. The van der Waals surface area contributed by atoms with Gasteiger partial charge in [0.15, 0.2) is 19.7 Å². The summed E-state index contributed by atoms with van der Waals surface area (Å²) in [6, 6.07) is 9.81. The summed E-state index contributed by atoms with van der Waals surface area (Å²) in [5, 5.41) is 9.97. The fourth-order valence-electron chi connectivity index (χ4n) is 4.92. The normalized spacial score (nSPS) is 18.4. The van der Waals surface area contributed by atoms with E-state index in [1.165, 1.54) is 53.2 Å². The zero-order valence-electron chi connectivity index (χ0n) is 21.0. The molecule has 5 rings (SSSR count). The van der Waals surface area contributed by atoms with Gasteiger partial charge in [-0.15, -0.1) is 13.2 Å². The van der Waals surface area contributed by atoms with E-state index >= 15 is 0 Å². The Bertz CT molecular complexity index is 1470. The molecule has 40 heavy (non-hydrogen) atoms. The number of halogens is 3. The van der Waals surface area contributed by atoms with Gasteiger partial charge < -0.3 is 19.1 Å². The standard InChI is InChI=1S/C25H26F3N3O7S2/c26-25(27,28)38-18-3-1-16(2-4-18)37-17-7-11-31(12-8-17)23-29-20-6-5-19(15-21(20)39-23)40(34,35)24(22(32)30-33)9-13-36-14-10-24/h1-6,15,17,33H,7-14H2,(H,30,32). The van der Waals surface area contributed by atoms with Gasteiger partial charge in [0.05, 0.1) is 15.1 Å². The second kappa shape index (κ2) is 11.0. The number of nitrogens with one attached hydrogen (secondary N) is 1. The predicted octanol–water partition coefficient (Wildman–Crippen LogP) is 4.07. The Balaban J connectivity index is 1.26. The van der Waals surface area contributed by atoms with Crippen molar-refractivity contribution >= 4 is 42.4 Å². The largest absolute Gasteiger partial charge is 0.573 e. The van der Waals surface area contributed by atoms with Gasteiger partial charge in [0.2, 0.25) is 0 Å². The molecule has 3 aromatic rings. The van der Waals surface area contributed by atoms with Crippen molar-refractivity contribution in [1.82, 2.24) is 10.5 Å². The second-order valence-electron chi connectivity index (χ2n) is 9.50. The number of piperidine rings is 1. The molecule has 0 spiro atoms. The first-order chi connectivity index (χ1) is 19.0. The minimum absolute atomic E-state index is 0.0283. The van der Waals surface area contributed by atoms with Crippen LogP contribution in [0.2, 0.25) is 0 Å². The highest BCUT2D eigenvalue weighted by Gasteiger charge is 2.52. The number of alkyl halides is 3. The molecule has 2 aromatic carbocycles. The highest BCUT2D eigenvalue weighted by molar-refractivity contribution is 7.93. The Labute approximate surface area is 231 Å². The van der Waals surface area contributed by atoms with Crippen LogP contribution in [0, 0.1) is 0 Å². The lowest BCUT2D eigenvalue weighted by Crippen LogP contribution is -2.54. The number of fused-ring (bicyclic) bond motifs is 1. The van der Waals surface area contributed by atoms with Crippen molar-refractivity contribution in [1.29, 1.82) is 0 Å². The van der Waals surface area contributed by atoms with Crippen molar-refractivity contribution in [3.8, 4) is 11.5 Å². The van der Waals surface area contributed by atoms with Crippen LogP contribution in [0.25, 0.3) is 10.2 Å². The molecule has 216 valence electrons. The zero-order chi connectivity index (χ0) is 28.5. The van der Waals surface area contributed by atoms with Gasteiger partial charge in [-0.3, -0.25) is 10.0 Å². The van der Waals surface area contributed by atoms with Crippen LogP contribution in [-0.4, -0.2) is 68.0 Å². The van der Waals surface area contributed by atoms with E-state index < -0.39 is 26.9 Å².